The second-order valence-electron chi connectivity index (χ2n) is 6.06. The van der Waals surface area contributed by atoms with E-state index in [2.05, 4.69) is 20.8 Å². The number of tetrazole rings is 1. The number of rotatable bonds is 7. The van der Waals surface area contributed by atoms with Crippen molar-refractivity contribution in [3.63, 3.8) is 0 Å². The molecule has 0 bridgehead atoms. The molecule has 3 rings (SSSR count). The van der Waals surface area contributed by atoms with Crippen LogP contribution < -0.4 is 5.32 Å². The van der Waals surface area contributed by atoms with E-state index in [0.717, 1.165) is 5.69 Å². The van der Waals surface area contributed by atoms with E-state index in [9.17, 15) is 14.0 Å². The molecule has 0 unspecified atom stereocenters. The molecule has 8 nitrogen and oxygen atoms in total. The second kappa shape index (κ2) is 6.96. The SMILES string of the molecule is C[C@@]1(c2ccc(-n3cnnn3)cc2)NC(=O)N(CCCCCF)C1=O. The van der Waals surface area contributed by atoms with Gasteiger partial charge in [-0.15, -0.1) is 5.10 Å². The van der Waals surface area contributed by atoms with E-state index in [4.69, 9.17) is 0 Å². The molecule has 132 valence electrons. The van der Waals surface area contributed by atoms with Gasteiger partial charge in [-0.3, -0.25) is 14.1 Å². The van der Waals surface area contributed by atoms with Crippen molar-refractivity contribution in [3.8, 4) is 5.69 Å². The van der Waals surface area contributed by atoms with Crippen molar-refractivity contribution in [1.29, 1.82) is 0 Å². The third-order valence-corrected chi connectivity index (χ3v) is 4.35. The molecule has 1 aliphatic rings. The molecule has 0 spiro atoms. The van der Waals surface area contributed by atoms with E-state index in [1.165, 1.54) is 15.9 Å². The number of nitrogens with one attached hydrogen (secondary N) is 1. The minimum Gasteiger partial charge on any atom is -0.319 e. The van der Waals surface area contributed by atoms with Crippen LogP contribution in [0.3, 0.4) is 0 Å². The number of aromatic nitrogens is 4. The molecule has 1 aromatic heterocycles. The number of urea groups is 1. The van der Waals surface area contributed by atoms with Gasteiger partial charge in [0.05, 0.1) is 12.4 Å². The Morgan fingerprint density at radius 3 is 2.56 bits per heavy atom. The first-order chi connectivity index (χ1) is 12.1. The molecule has 2 aromatic rings. The van der Waals surface area contributed by atoms with Gasteiger partial charge in [0.1, 0.15) is 11.9 Å². The zero-order valence-corrected chi connectivity index (χ0v) is 13.9. The highest BCUT2D eigenvalue weighted by atomic mass is 19.1. The van der Waals surface area contributed by atoms with E-state index < -0.39 is 11.6 Å². The van der Waals surface area contributed by atoms with Crippen LogP contribution in [0.2, 0.25) is 0 Å². The highest BCUT2D eigenvalue weighted by Crippen LogP contribution is 2.29. The van der Waals surface area contributed by atoms with Crippen LogP contribution in [0, 0.1) is 0 Å². The van der Waals surface area contributed by atoms with Gasteiger partial charge in [0.25, 0.3) is 5.91 Å². The first-order valence-corrected chi connectivity index (χ1v) is 8.10. The number of amides is 3. The summed E-state index contributed by atoms with van der Waals surface area (Å²) in [6, 6.07) is 6.67. The molecular formula is C16H19FN6O2. The van der Waals surface area contributed by atoms with E-state index >= 15 is 0 Å². The molecule has 1 aromatic carbocycles. The monoisotopic (exact) mass is 346 g/mol. The van der Waals surface area contributed by atoms with Crippen LogP contribution in [0.1, 0.15) is 31.7 Å². The normalized spacial score (nSPS) is 20.2. The number of halogens is 1. The number of carbonyl (C=O) groups excluding carboxylic acids is 2. The summed E-state index contributed by atoms with van der Waals surface area (Å²) in [5, 5.41) is 13.7. The lowest BCUT2D eigenvalue weighted by Crippen LogP contribution is -2.41. The lowest BCUT2D eigenvalue weighted by molar-refractivity contribution is -0.131. The fourth-order valence-corrected chi connectivity index (χ4v) is 2.86. The summed E-state index contributed by atoms with van der Waals surface area (Å²) >= 11 is 0. The summed E-state index contributed by atoms with van der Waals surface area (Å²) in [6.45, 7) is 1.59. The Hall–Kier alpha value is -2.84. The summed E-state index contributed by atoms with van der Waals surface area (Å²) in [4.78, 5) is 26.1. The summed E-state index contributed by atoms with van der Waals surface area (Å²) in [6.07, 6.45) is 3.15. The van der Waals surface area contributed by atoms with Gasteiger partial charge in [-0.05, 0) is 54.3 Å². The number of benzene rings is 1. The van der Waals surface area contributed by atoms with Crippen LogP contribution in [0.25, 0.3) is 5.69 Å². The maximum Gasteiger partial charge on any atom is 0.325 e. The molecule has 1 fully saturated rings. The maximum atomic E-state index is 12.7. The number of hydrogen-bond donors (Lipinski definition) is 1. The van der Waals surface area contributed by atoms with Crippen molar-refractivity contribution in [3.05, 3.63) is 36.2 Å². The van der Waals surface area contributed by atoms with E-state index in [-0.39, 0.29) is 12.6 Å². The van der Waals surface area contributed by atoms with Crippen LogP contribution in [-0.2, 0) is 10.3 Å². The molecule has 1 saturated heterocycles. The van der Waals surface area contributed by atoms with Gasteiger partial charge in [0.15, 0.2) is 0 Å². The summed E-state index contributed by atoms with van der Waals surface area (Å²) in [5.74, 6) is -0.298. The lowest BCUT2D eigenvalue weighted by atomic mass is 9.92. The molecule has 0 radical (unpaired) electrons. The molecule has 25 heavy (non-hydrogen) atoms. The minimum atomic E-state index is -1.11. The van der Waals surface area contributed by atoms with Crippen molar-refractivity contribution in [2.45, 2.75) is 31.7 Å². The minimum absolute atomic E-state index is 0.295. The number of alkyl halides is 1. The Bertz CT molecular complexity index is 748. The number of nitrogens with zero attached hydrogens (tertiary/aromatic N) is 5. The van der Waals surface area contributed by atoms with E-state index in [1.54, 1.807) is 31.2 Å². The van der Waals surface area contributed by atoms with Crippen molar-refractivity contribution >= 4 is 11.9 Å². The van der Waals surface area contributed by atoms with Crippen LogP contribution in [0.15, 0.2) is 30.6 Å². The van der Waals surface area contributed by atoms with Gasteiger partial charge in [0.2, 0.25) is 0 Å². The lowest BCUT2D eigenvalue weighted by Gasteiger charge is -2.22. The molecule has 9 heteroatoms. The molecule has 3 amide bonds. The molecule has 1 N–H and O–H groups in total. The number of unbranched alkanes of at least 4 members (excludes halogenated alkanes) is 2. The number of carbonyl (C=O) groups is 2. The van der Waals surface area contributed by atoms with Gasteiger partial charge < -0.3 is 5.32 Å². The van der Waals surface area contributed by atoms with E-state index in [1.807, 2.05) is 0 Å². The average molecular weight is 346 g/mol. The average Bonchev–Trinajstić information content (AvgIpc) is 3.22. The molecule has 0 saturated carbocycles. The maximum absolute atomic E-state index is 12.7. The Balaban J connectivity index is 1.75. The third kappa shape index (κ3) is 3.21. The Kier molecular flexibility index (Phi) is 4.73. The zero-order valence-electron chi connectivity index (χ0n) is 13.9. The van der Waals surface area contributed by atoms with Crippen molar-refractivity contribution in [1.82, 2.24) is 30.4 Å². The molecule has 1 aliphatic heterocycles. The van der Waals surface area contributed by atoms with Gasteiger partial charge in [-0.2, -0.15) is 0 Å². The molecule has 2 heterocycles. The van der Waals surface area contributed by atoms with Crippen molar-refractivity contribution in [2.24, 2.45) is 0 Å². The standard InChI is InChI=1S/C16H19FN6O2/c1-16(12-5-7-13(8-6-12)23-11-18-20-21-23)14(24)22(15(25)19-16)10-4-2-3-9-17/h5-8,11H,2-4,9-10H2,1H3,(H,19,25)/t16-/m0/s1. The predicted molar refractivity (Wildman–Crippen MR) is 86.6 cm³/mol. The van der Waals surface area contributed by atoms with Crippen molar-refractivity contribution in [2.75, 3.05) is 13.2 Å². The number of hydrogen-bond acceptors (Lipinski definition) is 5. The topological polar surface area (TPSA) is 93.0 Å². The fourth-order valence-electron chi connectivity index (χ4n) is 2.86. The summed E-state index contributed by atoms with van der Waals surface area (Å²) in [5.41, 5.74) is 0.308. The fraction of sp³-hybridized carbons (Fsp3) is 0.438. The van der Waals surface area contributed by atoms with E-state index in [0.29, 0.717) is 31.4 Å². The van der Waals surface area contributed by atoms with Gasteiger partial charge in [0, 0.05) is 6.54 Å². The second-order valence-corrected chi connectivity index (χ2v) is 6.06. The first-order valence-electron chi connectivity index (χ1n) is 8.10. The highest BCUT2D eigenvalue weighted by Gasteiger charge is 2.48. The Morgan fingerprint density at radius 1 is 1.16 bits per heavy atom. The Labute approximate surface area is 144 Å². The zero-order chi connectivity index (χ0) is 17.9. The quantitative estimate of drug-likeness (QED) is 0.607. The van der Waals surface area contributed by atoms with Crippen LogP contribution in [-0.4, -0.2) is 50.3 Å². The van der Waals surface area contributed by atoms with Crippen molar-refractivity contribution < 1.29 is 14.0 Å². The predicted octanol–water partition coefficient (Wildman–Crippen LogP) is 1.57. The molecule has 1 atom stereocenters. The van der Waals surface area contributed by atoms with Gasteiger partial charge in [-0.1, -0.05) is 12.1 Å². The Morgan fingerprint density at radius 2 is 1.92 bits per heavy atom. The summed E-state index contributed by atoms with van der Waals surface area (Å²) in [7, 11) is 0. The first kappa shape index (κ1) is 17.0. The molecule has 0 aliphatic carbocycles. The molecular weight excluding hydrogens is 327 g/mol. The third-order valence-electron chi connectivity index (χ3n) is 4.35. The summed E-state index contributed by atoms with van der Waals surface area (Å²) < 4.78 is 13.7. The van der Waals surface area contributed by atoms with Gasteiger partial charge in [-0.25, -0.2) is 9.48 Å². The highest BCUT2D eigenvalue weighted by molar-refractivity contribution is 6.07. The van der Waals surface area contributed by atoms with Crippen LogP contribution in [0.5, 0.6) is 0 Å². The van der Waals surface area contributed by atoms with Crippen LogP contribution in [0.4, 0.5) is 9.18 Å². The largest absolute Gasteiger partial charge is 0.325 e. The van der Waals surface area contributed by atoms with Crippen LogP contribution >= 0.6 is 0 Å². The van der Waals surface area contributed by atoms with Gasteiger partial charge >= 0.3 is 6.03 Å². The smallest absolute Gasteiger partial charge is 0.319 e. The number of imide groups is 1.